The number of carboxylic acid groups (broad SMARTS) is 1. The van der Waals surface area contributed by atoms with Crippen LogP contribution in [0.1, 0.15) is 19.3 Å². The maximum absolute atomic E-state index is 11.2. The van der Waals surface area contributed by atoms with E-state index in [0.717, 1.165) is 11.8 Å². The number of alkyl halides is 3. The maximum Gasteiger partial charge on any atom is 0.422 e. The van der Waals surface area contributed by atoms with Crippen molar-refractivity contribution in [1.29, 1.82) is 0 Å². The second kappa shape index (κ2) is 4.72. The normalized spacial score (nSPS) is 26.2. The number of carboxylic acids is 1. The van der Waals surface area contributed by atoms with E-state index in [0.29, 0.717) is 0 Å². The fourth-order valence-electron chi connectivity index (χ4n) is 1.84. The van der Waals surface area contributed by atoms with Crippen LogP contribution in [-0.2, 0) is 4.79 Å². The van der Waals surface area contributed by atoms with E-state index < -0.39 is 17.7 Å². The van der Waals surface area contributed by atoms with Gasteiger partial charge in [-0.15, -0.1) is 0 Å². The summed E-state index contributed by atoms with van der Waals surface area (Å²) in [5.41, 5.74) is -1.75. The lowest BCUT2D eigenvalue weighted by Crippen LogP contribution is -2.18. The molecule has 90 valence electrons. The summed E-state index contributed by atoms with van der Waals surface area (Å²) in [7, 11) is 0. The van der Waals surface area contributed by atoms with Crippen molar-refractivity contribution in [2.24, 2.45) is 11.8 Å². The lowest BCUT2D eigenvalue weighted by Gasteiger charge is -2.02. The molecule has 2 rings (SSSR count). The quantitative estimate of drug-likeness (QED) is 0.559. The predicted molar refractivity (Wildman–Crippen MR) is 52.8 cm³/mol. The van der Waals surface area contributed by atoms with Gasteiger partial charge in [0.1, 0.15) is 5.57 Å². The molecular formula is C11H13F3O2. The molecule has 0 aromatic carbocycles. The molecule has 2 aliphatic rings. The van der Waals surface area contributed by atoms with Crippen LogP contribution in [0.15, 0.2) is 24.3 Å². The number of hydrogen-bond donors (Lipinski definition) is 1. The van der Waals surface area contributed by atoms with Crippen LogP contribution in [0.5, 0.6) is 0 Å². The number of halogens is 3. The van der Waals surface area contributed by atoms with Gasteiger partial charge in [0.2, 0.25) is 0 Å². The monoisotopic (exact) mass is 234 g/mol. The molecule has 2 bridgehead atoms. The largest absolute Gasteiger partial charge is 0.478 e. The zero-order valence-corrected chi connectivity index (χ0v) is 8.63. The molecule has 0 aliphatic heterocycles. The molecule has 0 heterocycles. The average Bonchev–Trinajstić information content (AvgIpc) is 2.79. The van der Waals surface area contributed by atoms with Crippen LogP contribution >= 0.6 is 0 Å². The molecule has 0 spiro atoms. The third kappa shape index (κ3) is 3.40. The molecule has 2 nitrogen and oxygen atoms in total. The van der Waals surface area contributed by atoms with E-state index in [1.165, 1.54) is 19.3 Å². The summed E-state index contributed by atoms with van der Waals surface area (Å²) in [6, 6.07) is 0. The Labute approximate surface area is 91.5 Å². The second-order valence-electron chi connectivity index (χ2n) is 4.00. The van der Waals surface area contributed by atoms with Gasteiger partial charge in [-0.2, -0.15) is 13.2 Å². The Morgan fingerprint density at radius 1 is 1.25 bits per heavy atom. The highest BCUT2D eigenvalue weighted by Crippen LogP contribution is 2.38. The number of fused-ring (bicyclic) bond motifs is 2. The van der Waals surface area contributed by atoms with Gasteiger partial charge in [-0.1, -0.05) is 18.7 Å². The lowest BCUT2D eigenvalue weighted by atomic mass is 10.1. The SMILES string of the molecule is C1=CC2CCC1C2.C=C(C(=O)O)C(F)(F)F. The number of allylic oxidation sites excluding steroid dienone is 2. The van der Waals surface area contributed by atoms with Crippen LogP contribution in [0.2, 0.25) is 0 Å². The first-order chi connectivity index (χ1) is 7.30. The minimum Gasteiger partial charge on any atom is -0.478 e. The fourth-order valence-corrected chi connectivity index (χ4v) is 1.84. The Kier molecular flexibility index (Phi) is 3.78. The lowest BCUT2D eigenvalue weighted by molar-refractivity contribution is -0.144. The van der Waals surface area contributed by atoms with Crippen LogP contribution in [0, 0.1) is 11.8 Å². The van der Waals surface area contributed by atoms with Gasteiger partial charge in [-0.05, 0) is 31.1 Å². The highest BCUT2D eigenvalue weighted by Gasteiger charge is 2.36. The molecule has 1 N–H and O–H groups in total. The molecule has 5 heteroatoms. The molecule has 1 fully saturated rings. The molecule has 0 saturated heterocycles. The number of aliphatic carboxylic acids is 1. The van der Waals surface area contributed by atoms with Crippen LogP contribution < -0.4 is 0 Å². The molecular weight excluding hydrogens is 221 g/mol. The summed E-state index contributed by atoms with van der Waals surface area (Å²) in [5.74, 6) is -0.0579. The predicted octanol–water partition coefficient (Wildman–Crippen LogP) is 3.16. The molecule has 1 saturated carbocycles. The second-order valence-corrected chi connectivity index (χ2v) is 4.00. The minimum absolute atomic E-state index is 0.991. The Bertz CT molecular complexity index is 306. The van der Waals surface area contributed by atoms with E-state index in [1.807, 2.05) is 0 Å². The highest BCUT2D eigenvalue weighted by molar-refractivity contribution is 5.87. The molecule has 2 unspecified atom stereocenters. The van der Waals surface area contributed by atoms with E-state index in [9.17, 15) is 18.0 Å². The van der Waals surface area contributed by atoms with Crippen LogP contribution in [0.4, 0.5) is 13.2 Å². The first-order valence-electron chi connectivity index (χ1n) is 4.98. The first-order valence-corrected chi connectivity index (χ1v) is 4.98. The summed E-state index contributed by atoms with van der Waals surface area (Å²) in [4.78, 5) is 9.53. The minimum atomic E-state index is -4.81. The van der Waals surface area contributed by atoms with Crippen molar-refractivity contribution in [1.82, 2.24) is 0 Å². The summed E-state index contributed by atoms with van der Waals surface area (Å²) in [5, 5.41) is 7.70. The van der Waals surface area contributed by atoms with Gasteiger partial charge in [-0.25, -0.2) is 4.79 Å². The highest BCUT2D eigenvalue weighted by atomic mass is 19.4. The third-order valence-electron chi connectivity index (χ3n) is 2.77. The molecule has 0 amide bonds. The van der Waals surface area contributed by atoms with Gasteiger partial charge in [0.05, 0.1) is 0 Å². The van der Waals surface area contributed by atoms with Gasteiger partial charge < -0.3 is 5.11 Å². The van der Waals surface area contributed by atoms with Crippen LogP contribution in [0.25, 0.3) is 0 Å². The Morgan fingerprint density at radius 2 is 1.69 bits per heavy atom. The number of hydrogen-bond acceptors (Lipinski definition) is 1. The van der Waals surface area contributed by atoms with Crippen molar-refractivity contribution in [3.8, 4) is 0 Å². The van der Waals surface area contributed by atoms with Crippen molar-refractivity contribution in [3.63, 3.8) is 0 Å². The van der Waals surface area contributed by atoms with Crippen molar-refractivity contribution in [2.45, 2.75) is 25.4 Å². The van der Waals surface area contributed by atoms with Crippen LogP contribution in [0.3, 0.4) is 0 Å². The summed E-state index contributed by atoms with van der Waals surface area (Å²) >= 11 is 0. The van der Waals surface area contributed by atoms with Gasteiger partial charge >= 0.3 is 12.1 Å². The number of rotatable bonds is 1. The van der Waals surface area contributed by atoms with Crippen molar-refractivity contribution < 1.29 is 23.1 Å². The Morgan fingerprint density at radius 3 is 1.75 bits per heavy atom. The van der Waals surface area contributed by atoms with E-state index >= 15 is 0 Å². The van der Waals surface area contributed by atoms with Gasteiger partial charge in [0, 0.05) is 0 Å². The molecule has 16 heavy (non-hydrogen) atoms. The van der Waals surface area contributed by atoms with E-state index in [1.54, 1.807) is 0 Å². The third-order valence-corrected chi connectivity index (χ3v) is 2.77. The van der Waals surface area contributed by atoms with E-state index in [-0.39, 0.29) is 0 Å². The smallest absolute Gasteiger partial charge is 0.422 e. The summed E-state index contributed by atoms with van der Waals surface area (Å²) in [6.07, 6.45) is 4.37. The van der Waals surface area contributed by atoms with Crippen molar-refractivity contribution in [3.05, 3.63) is 24.3 Å². The Balaban J connectivity index is 0.000000163. The number of carbonyl (C=O) groups is 1. The standard InChI is InChI=1S/C7H10.C4H3F3O2/c1-2-7-4-3-6(1)5-7;1-2(3(8)9)4(5,6)7/h1-2,6-7H,3-5H2;1H2,(H,8,9). The van der Waals surface area contributed by atoms with Crippen molar-refractivity contribution >= 4 is 5.97 Å². The van der Waals surface area contributed by atoms with Gasteiger partial charge in [0.15, 0.2) is 0 Å². The van der Waals surface area contributed by atoms with Gasteiger partial charge in [0.25, 0.3) is 0 Å². The van der Waals surface area contributed by atoms with E-state index in [2.05, 4.69) is 18.7 Å². The van der Waals surface area contributed by atoms with Crippen molar-refractivity contribution in [2.75, 3.05) is 0 Å². The first kappa shape index (κ1) is 12.8. The molecule has 2 aliphatic carbocycles. The average molecular weight is 234 g/mol. The molecule has 0 radical (unpaired) electrons. The zero-order valence-electron chi connectivity index (χ0n) is 8.63. The zero-order chi connectivity index (χ0) is 12.3. The van der Waals surface area contributed by atoms with Crippen LogP contribution in [-0.4, -0.2) is 17.3 Å². The molecule has 0 aromatic heterocycles. The maximum atomic E-state index is 11.2. The van der Waals surface area contributed by atoms with E-state index in [4.69, 9.17) is 5.11 Å². The summed E-state index contributed by atoms with van der Waals surface area (Å²) in [6.45, 7) is 2.30. The summed E-state index contributed by atoms with van der Waals surface area (Å²) < 4.78 is 33.7. The molecule has 2 atom stereocenters. The fraction of sp³-hybridized carbons (Fsp3) is 0.545. The Hall–Kier alpha value is -1.26. The molecule has 0 aromatic rings. The van der Waals surface area contributed by atoms with Gasteiger partial charge in [-0.3, -0.25) is 0 Å². The topological polar surface area (TPSA) is 37.3 Å².